The normalized spacial score (nSPS) is 18.0. The number of ether oxygens (including phenoxy) is 1. The molecule has 1 N–H and O–H groups in total. The molecular formula is C15H18BrN3O. The first-order valence-electron chi connectivity index (χ1n) is 6.97. The molecule has 1 unspecified atom stereocenters. The summed E-state index contributed by atoms with van der Waals surface area (Å²) in [6.07, 6.45) is 6.04. The minimum absolute atomic E-state index is 0.273. The van der Waals surface area contributed by atoms with Gasteiger partial charge in [-0.3, -0.25) is 4.68 Å². The number of rotatable bonds is 3. The summed E-state index contributed by atoms with van der Waals surface area (Å²) in [5, 5.41) is 7.88. The van der Waals surface area contributed by atoms with Gasteiger partial charge in [0.15, 0.2) is 0 Å². The van der Waals surface area contributed by atoms with Gasteiger partial charge in [0, 0.05) is 22.8 Å². The molecule has 20 heavy (non-hydrogen) atoms. The maximum absolute atomic E-state index is 5.83. The number of aromatic nitrogens is 2. The van der Waals surface area contributed by atoms with Crippen molar-refractivity contribution >= 4 is 21.6 Å². The van der Waals surface area contributed by atoms with Crippen LogP contribution < -0.4 is 10.1 Å². The van der Waals surface area contributed by atoms with Gasteiger partial charge >= 0.3 is 0 Å². The number of halogens is 1. The standard InChI is InChI=1S/C15H18BrN3O/c1-2-19-10-12(9-17-19)18-14-4-3-7-20-15-8-11(16)5-6-13(14)15/h5-6,8-10,14,18H,2-4,7H2,1H3. The molecule has 0 amide bonds. The largest absolute Gasteiger partial charge is 0.493 e. The maximum Gasteiger partial charge on any atom is 0.125 e. The number of nitrogens with one attached hydrogen (secondary N) is 1. The number of fused-ring (bicyclic) bond motifs is 1. The van der Waals surface area contributed by atoms with E-state index in [2.05, 4.69) is 45.4 Å². The van der Waals surface area contributed by atoms with Crippen molar-refractivity contribution in [1.29, 1.82) is 0 Å². The van der Waals surface area contributed by atoms with Crippen molar-refractivity contribution < 1.29 is 4.74 Å². The Kier molecular flexibility index (Phi) is 3.96. The van der Waals surface area contributed by atoms with Gasteiger partial charge in [-0.15, -0.1) is 0 Å². The van der Waals surface area contributed by atoms with Crippen LogP contribution in [0.2, 0.25) is 0 Å². The molecule has 1 aromatic carbocycles. The molecule has 3 rings (SSSR count). The lowest BCUT2D eigenvalue weighted by atomic mass is 10.0. The van der Waals surface area contributed by atoms with Crippen LogP contribution in [0, 0.1) is 0 Å². The van der Waals surface area contributed by atoms with E-state index in [0.717, 1.165) is 41.9 Å². The van der Waals surface area contributed by atoms with Crippen LogP contribution in [0.4, 0.5) is 5.69 Å². The molecule has 0 bridgehead atoms. The van der Waals surface area contributed by atoms with Crippen molar-refractivity contribution in [3.63, 3.8) is 0 Å². The van der Waals surface area contributed by atoms with Gasteiger partial charge < -0.3 is 10.1 Å². The van der Waals surface area contributed by atoms with E-state index in [0.29, 0.717) is 0 Å². The second kappa shape index (κ2) is 5.87. The monoisotopic (exact) mass is 335 g/mol. The Hall–Kier alpha value is -1.49. The molecule has 1 atom stereocenters. The highest BCUT2D eigenvalue weighted by Crippen LogP contribution is 2.35. The highest BCUT2D eigenvalue weighted by molar-refractivity contribution is 9.10. The van der Waals surface area contributed by atoms with Gasteiger partial charge in [-0.05, 0) is 31.9 Å². The zero-order valence-electron chi connectivity index (χ0n) is 11.5. The van der Waals surface area contributed by atoms with Gasteiger partial charge in [-0.1, -0.05) is 22.0 Å². The molecule has 1 aliphatic rings. The topological polar surface area (TPSA) is 39.1 Å². The van der Waals surface area contributed by atoms with E-state index in [-0.39, 0.29) is 6.04 Å². The average molecular weight is 336 g/mol. The van der Waals surface area contributed by atoms with Crippen molar-refractivity contribution in [3.8, 4) is 5.75 Å². The Morgan fingerprint density at radius 3 is 3.20 bits per heavy atom. The fourth-order valence-electron chi connectivity index (χ4n) is 2.51. The molecule has 2 heterocycles. The molecule has 2 aromatic rings. The predicted octanol–water partition coefficient (Wildman–Crippen LogP) is 3.99. The Morgan fingerprint density at radius 1 is 1.50 bits per heavy atom. The molecular weight excluding hydrogens is 318 g/mol. The molecule has 106 valence electrons. The molecule has 4 nitrogen and oxygen atoms in total. The van der Waals surface area contributed by atoms with E-state index >= 15 is 0 Å². The Labute approximate surface area is 127 Å². The van der Waals surface area contributed by atoms with E-state index in [1.165, 1.54) is 5.56 Å². The van der Waals surface area contributed by atoms with E-state index in [4.69, 9.17) is 4.74 Å². The first kappa shape index (κ1) is 13.5. The lowest BCUT2D eigenvalue weighted by Crippen LogP contribution is -2.09. The summed E-state index contributed by atoms with van der Waals surface area (Å²) in [5.74, 6) is 0.970. The van der Waals surface area contributed by atoms with Crippen LogP contribution in [-0.2, 0) is 6.54 Å². The van der Waals surface area contributed by atoms with Crippen LogP contribution in [-0.4, -0.2) is 16.4 Å². The Bertz CT molecular complexity index is 597. The third kappa shape index (κ3) is 2.82. The lowest BCUT2D eigenvalue weighted by molar-refractivity contribution is 0.316. The van der Waals surface area contributed by atoms with Gasteiger partial charge in [0.1, 0.15) is 5.75 Å². The maximum atomic E-state index is 5.83. The highest BCUT2D eigenvalue weighted by atomic mass is 79.9. The second-order valence-corrected chi connectivity index (χ2v) is 5.87. The SMILES string of the molecule is CCn1cc(NC2CCCOc3cc(Br)ccc32)cn1. The zero-order chi connectivity index (χ0) is 13.9. The summed E-state index contributed by atoms with van der Waals surface area (Å²) in [7, 11) is 0. The molecule has 1 aromatic heterocycles. The summed E-state index contributed by atoms with van der Waals surface area (Å²) in [5.41, 5.74) is 2.28. The second-order valence-electron chi connectivity index (χ2n) is 4.95. The molecule has 0 spiro atoms. The quantitative estimate of drug-likeness (QED) is 0.921. The van der Waals surface area contributed by atoms with E-state index in [1.54, 1.807) is 0 Å². The van der Waals surface area contributed by atoms with Gasteiger partial charge in [0.05, 0.1) is 24.5 Å². The zero-order valence-corrected chi connectivity index (χ0v) is 13.1. The van der Waals surface area contributed by atoms with Crippen LogP contribution in [0.5, 0.6) is 5.75 Å². The molecule has 0 saturated heterocycles. The molecule has 0 radical (unpaired) electrons. The lowest BCUT2D eigenvalue weighted by Gasteiger charge is -2.18. The number of hydrogen-bond donors (Lipinski definition) is 1. The van der Waals surface area contributed by atoms with Crippen molar-refractivity contribution in [2.45, 2.75) is 32.4 Å². The van der Waals surface area contributed by atoms with E-state index in [9.17, 15) is 0 Å². The van der Waals surface area contributed by atoms with Crippen LogP contribution in [0.15, 0.2) is 35.1 Å². The Morgan fingerprint density at radius 2 is 2.40 bits per heavy atom. The minimum Gasteiger partial charge on any atom is -0.493 e. The van der Waals surface area contributed by atoms with Crippen molar-refractivity contribution in [3.05, 3.63) is 40.6 Å². The summed E-state index contributed by atoms with van der Waals surface area (Å²) in [4.78, 5) is 0. The summed E-state index contributed by atoms with van der Waals surface area (Å²) in [6, 6.07) is 6.52. The third-order valence-corrected chi connectivity index (χ3v) is 4.04. The number of aryl methyl sites for hydroxylation is 1. The molecule has 0 saturated carbocycles. The summed E-state index contributed by atoms with van der Waals surface area (Å²) in [6.45, 7) is 3.75. The van der Waals surface area contributed by atoms with Crippen LogP contribution in [0.1, 0.15) is 31.4 Å². The molecule has 5 heteroatoms. The molecule has 1 aliphatic heterocycles. The minimum atomic E-state index is 0.273. The average Bonchev–Trinajstić information content (AvgIpc) is 2.81. The first-order chi connectivity index (χ1) is 9.76. The number of hydrogen-bond acceptors (Lipinski definition) is 3. The number of nitrogens with zero attached hydrogens (tertiary/aromatic N) is 2. The van der Waals surface area contributed by atoms with Crippen LogP contribution >= 0.6 is 15.9 Å². The Balaban J connectivity index is 1.86. The summed E-state index contributed by atoms with van der Waals surface area (Å²) < 4.78 is 8.81. The van der Waals surface area contributed by atoms with Crippen LogP contribution in [0.3, 0.4) is 0 Å². The number of anilines is 1. The summed E-state index contributed by atoms with van der Waals surface area (Å²) >= 11 is 3.50. The fraction of sp³-hybridized carbons (Fsp3) is 0.400. The molecule has 0 aliphatic carbocycles. The van der Waals surface area contributed by atoms with Gasteiger partial charge in [-0.25, -0.2) is 0 Å². The fourth-order valence-corrected chi connectivity index (χ4v) is 2.85. The highest BCUT2D eigenvalue weighted by Gasteiger charge is 2.20. The van der Waals surface area contributed by atoms with Crippen LogP contribution in [0.25, 0.3) is 0 Å². The molecule has 0 fully saturated rings. The smallest absolute Gasteiger partial charge is 0.125 e. The van der Waals surface area contributed by atoms with E-state index in [1.807, 2.05) is 23.1 Å². The van der Waals surface area contributed by atoms with Crippen molar-refractivity contribution in [2.75, 3.05) is 11.9 Å². The van der Waals surface area contributed by atoms with Gasteiger partial charge in [0.25, 0.3) is 0 Å². The van der Waals surface area contributed by atoms with Gasteiger partial charge in [-0.2, -0.15) is 5.10 Å². The first-order valence-corrected chi connectivity index (χ1v) is 7.77. The predicted molar refractivity (Wildman–Crippen MR) is 83.1 cm³/mol. The number of benzene rings is 1. The third-order valence-electron chi connectivity index (χ3n) is 3.54. The van der Waals surface area contributed by atoms with Crippen molar-refractivity contribution in [1.82, 2.24) is 9.78 Å². The van der Waals surface area contributed by atoms with Gasteiger partial charge in [0.2, 0.25) is 0 Å². The van der Waals surface area contributed by atoms with Crippen molar-refractivity contribution in [2.24, 2.45) is 0 Å². The van der Waals surface area contributed by atoms with E-state index < -0.39 is 0 Å².